The van der Waals surface area contributed by atoms with Gasteiger partial charge in [0.2, 0.25) is 11.7 Å². The molecule has 0 bridgehead atoms. The number of hydroxylamine groups is 1. The van der Waals surface area contributed by atoms with Gasteiger partial charge in [-0.25, -0.2) is 0 Å². The first-order chi connectivity index (χ1) is 18.8. The third-order valence-corrected chi connectivity index (χ3v) is 8.37. The lowest BCUT2D eigenvalue weighted by Gasteiger charge is -2.50. The minimum atomic E-state index is -2.71. The highest BCUT2D eigenvalue weighted by atomic mass is 16.7. The molecule has 40 heavy (non-hydrogen) atoms. The number of nitrogens with one attached hydrogen (secondary N) is 2. The van der Waals surface area contributed by atoms with Crippen LogP contribution >= 0.6 is 0 Å². The van der Waals surface area contributed by atoms with Gasteiger partial charge in [-0.3, -0.25) is 28.9 Å². The molecule has 1 aromatic rings. The maximum Gasteiger partial charge on any atom is 0.255 e. The summed E-state index contributed by atoms with van der Waals surface area (Å²) < 4.78 is 0. The lowest BCUT2D eigenvalue weighted by atomic mass is 9.58. The molecule has 1 aromatic carbocycles. The zero-order chi connectivity index (χ0) is 29.3. The van der Waals surface area contributed by atoms with Crippen LogP contribution in [-0.2, 0) is 25.6 Å². The Labute approximate surface area is 229 Å². The summed E-state index contributed by atoms with van der Waals surface area (Å²) in [5.41, 5.74) is 4.27. The number of carbonyl (C=O) groups is 4. The second kappa shape index (κ2) is 9.70. The molecule has 4 unspecified atom stereocenters. The Morgan fingerprint density at radius 1 is 1.18 bits per heavy atom. The van der Waals surface area contributed by atoms with Gasteiger partial charge in [-0.1, -0.05) is 13.0 Å². The minimum absolute atomic E-state index is 0.00368. The van der Waals surface area contributed by atoms with Crippen LogP contribution in [0.2, 0.25) is 0 Å². The molecule has 214 valence electrons. The van der Waals surface area contributed by atoms with Crippen LogP contribution < -0.4 is 16.5 Å². The molecule has 0 saturated heterocycles. The van der Waals surface area contributed by atoms with E-state index in [1.165, 1.54) is 11.0 Å². The highest BCUT2D eigenvalue weighted by Crippen LogP contribution is 2.52. The lowest BCUT2D eigenvalue weighted by molar-refractivity contribution is -0.148. The van der Waals surface area contributed by atoms with E-state index in [4.69, 9.17) is 10.6 Å². The van der Waals surface area contributed by atoms with E-state index in [0.29, 0.717) is 11.5 Å². The highest BCUT2D eigenvalue weighted by molar-refractivity contribution is 6.25. The molecule has 1 fully saturated rings. The molecular formula is C27H32N4O9. The van der Waals surface area contributed by atoms with Gasteiger partial charge >= 0.3 is 0 Å². The number of nitrogens with two attached hydrogens (primary N) is 1. The second-order valence-corrected chi connectivity index (χ2v) is 11.2. The minimum Gasteiger partial charge on any atom is -0.510 e. The Morgan fingerprint density at radius 3 is 2.45 bits per heavy atom. The predicted molar refractivity (Wildman–Crippen MR) is 139 cm³/mol. The number of hydrogen-bond donors (Lipinski definition) is 7. The first-order valence-electron chi connectivity index (χ1n) is 13.0. The monoisotopic (exact) mass is 556 g/mol. The summed E-state index contributed by atoms with van der Waals surface area (Å²) in [6.07, 6.45) is 1.09. The van der Waals surface area contributed by atoms with E-state index in [2.05, 4.69) is 10.8 Å². The molecule has 0 spiro atoms. The van der Waals surface area contributed by atoms with Crippen LogP contribution in [0.1, 0.15) is 35.7 Å². The van der Waals surface area contributed by atoms with Gasteiger partial charge < -0.3 is 31.5 Å². The standard InChI is InChI=1S/C27H32N4O9/c1-10-6-15(10)40-29-9-16(32)30-14-5-4-11-7-12-8-13-20(31(2)3)23(35)19(26(28)38)25(37)27(13,39)24(36)18(12)22(34)17(11)21(14)33/h4-5,10,12-13,15,20,29,33,35-36,39H,6-9H2,1-3H3,(H2,28,38)(H,30,32)/t10?,12?,13?,15?,20-,27-/m0/s1. The second-order valence-electron chi connectivity index (χ2n) is 11.2. The van der Waals surface area contributed by atoms with Gasteiger partial charge in [0.1, 0.15) is 23.6 Å². The fourth-order valence-electron chi connectivity index (χ4n) is 6.19. The summed E-state index contributed by atoms with van der Waals surface area (Å²) >= 11 is 0. The number of nitrogens with zero attached hydrogens (tertiary/aromatic N) is 1. The Morgan fingerprint density at radius 2 is 1.85 bits per heavy atom. The Bertz CT molecular complexity index is 1400. The number of phenolic OH excluding ortho intramolecular Hbond substituents is 1. The van der Waals surface area contributed by atoms with E-state index in [1.54, 1.807) is 20.2 Å². The number of fused-ring (bicyclic) bond motifs is 3. The van der Waals surface area contributed by atoms with Crippen molar-refractivity contribution in [3.05, 3.63) is 45.9 Å². The third kappa shape index (κ3) is 4.17. The number of allylic oxidation sites excluding steroid dienone is 1. The Balaban J connectivity index is 1.49. The molecule has 5 rings (SSSR count). The quantitative estimate of drug-likeness (QED) is 0.135. The van der Waals surface area contributed by atoms with Crippen molar-refractivity contribution in [2.45, 2.75) is 43.9 Å². The molecule has 13 nitrogen and oxygen atoms in total. The summed E-state index contributed by atoms with van der Waals surface area (Å²) in [7, 11) is 3.13. The van der Waals surface area contributed by atoms with E-state index < -0.39 is 69.7 Å². The molecule has 0 aliphatic heterocycles. The SMILES string of the molecule is CC1CC1ONCC(=O)Nc1ccc2c(c1O)C(=O)C1=C(O)[C@]3(O)C(=O)C(C(N)=O)=C(O)[C@@H](N(C)C)C3CC1C2. The van der Waals surface area contributed by atoms with Crippen LogP contribution in [0.25, 0.3) is 0 Å². The van der Waals surface area contributed by atoms with E-state index in [9.17, 15) is 39.6 Å². The van der Waals surface area contributed by atoms with Gasteiger partial charge in [0.25, 0.3) is 5.91 Å². The highest BCUT2D eigenvalue weighted by Gasteiger charge is 2.63. The molecule has 2 amide bonds. The van der Waals surface area contributed by atoms with E-state index in [0.717, 1.165) is 6.42 Å². The predicted octanol–water partition coefficient (Wildman–Crippen LogP) is -0.0113. The average molecular weight is 557 g/mol. The van der Waals surface area contributed by atoms with Crippen LogP contribution in [0.15, 0.2) is 34.8 Å². The number of benzene rings is 1. The van der Waals surface area contributed by atoms with Crippen molar-refractivity contribution >= 4 is 29.1 Å². The Hall–Kier alpha value is -3.78. The van der Waals surface area contributed by atoms with Crippen molar-refractivity contribution < 1.29 is 44.4 Å². The summed E-state index contributed by atoms with van der Waals surface area (Å²) in [6.45, 7) is 1.81. The van der Waals surface area contributed by atoms with Crippen LogP contribution in [0.5, 0.6) is 5.75 Å². The lowest BCUT2D eigenvalue weighted by Crippen LogP contribution is -2.63. The smallest absolute Gasteiger partial charge is 0.255 e. The van der Waals surface area contributed by atoms with Crippen molar-refractivity contribution in [1.82, 2.24) is 10.4 Å². The van der Waals surface area contributed by atoms with Crippen LogP contribution in [-0.4, -0.2) is 87.1 Å². The van der Waals surface area contributed by atoms with Gasteiger partial charge in [-0.2, -0.15) is 5.48 Å². The van der Waals surface area contributed by atoms with Gasteiger partial charge in [-0.15, -0.1) is 0 Å². The Kier molecular flexibility index (Phi) is 6.73. The number of carbonyl (C=O) groups excluding carboxylic acids is 4. The van der Waals surface area contributed by atoms with Gasteiger partial charge in [0.05, 0.1) is 23.4 Å². The van der Waals surface area contributed by atoms with Crippen molar-refractivity contribution in [3.63, 3.8) is 0 Å². The normalized spacial score (nSPS) is 31.1. The number of aromatic hydroxyl groups is 1. The number of Topliss-reactive ketones (excluding diaryl/α,β-unsaturated/α-hetero) is 2. The van der Waals surface area contributed by atoms with Crippen LogP contribution in [0, 0.1) is 17.8 Å². The average Bonchev–Trinajstić information content (AvgIpc) is 3.57. The summed E-state index contributed by atoms with van der Waals surface area (Å²) in [6, 6.07) is 1.97. The molecule has 0 aromatic heterocycles. The number of hydrogen-bond acceptors (Lipinski definition) is 11. The molecule has 6 atom stereocenters. The van der Waals surface area contributed by atoms with Gasteiger partial charge in [0.15, 0.2) is 17.1 Å². The van der Waals surface area contributed by atoms with Gasteiger partial charge in [0, 0.05) is 11.5 Å². The number of anilines is 1. The summed E-state index contributed by atoms with van der Waals surface area (Å²) in [4.78, 5) is 58.3. The molecule has 4 aliphatic carbocycles. The number of primary amides is 1. The number of aliphatic hydroxyl groups excluding tert-OH is 2. The van der Waals surface area contributed by atoms with Crippen LogP contribution in [0.4, 0.5) is 5.69 Å². The number of phenols is 1. The third-order valence-electron chi connectivity index (χ3n) is 8.37. The zero-order valence-corrected chi connectivity index (χ0v) is 22.2. The fraction of sp³-hybridized carbons (Fsp3) is 0.481. The van der Waals surface area contributed by atoms with Crippen molar-refractivity contribution in [2.75, 3.05) is 26.0 Å². The molecule has 1 saturated carbocycles. The van der Waals surface area contributed by atoms with E-state index in [1.807, 2.05) is 6.92 Å². The molecule has 0 heterocycles. The first kappa shape index (κ1) is 27.8. The fourth-order valence-corrected chi connectivity index (χ4v) is 6.19. The molecule has 0 radical (unpaired) electrons. The molecule has 13 heteroatoms. The van der Waals surface area contributed by atoms with Crippen molar-refractivity contribution in [3.8, 4) is 5.75 Å². The van der Waals surface area contributed by atoms with E-state index >= 15 is 0 Å². The molecule has 4 aliphatic rings. The molecule has 8 N–H and O–H groups in total. The maximum absolute atomic E-state index is 13.7. The zero-order valence-electron chi connectivity index (χ0n) is 22.2. The number of rotatable bonds is 7. The topological polar surface area (TPSA) is 212 Å². The van der Waals surface area contributed by atoms with Crippen LogP contribution in [0.3, 0.4) is 0 Å². The number of ketones is 2. The van der Waals surface area contributed by atoms with Crippen molar-refractivity contribution in [1.29, 1.82) is 0 Å². The number of likely N-dealkylation sites (N-methyl/N-ethyl adjacent to an activating group) is 1. The largest absolute Gasteiger partial charge is 0.510 e. The van der Waals surface area contributed by atoms with Gasteiger partial charge in [-0.05, 0) is 56.8 Å². The summed E-state index contributed by atoms with van der Waals surface area (Å²) in [5, 5.41) is 47.2. The molecular weight excluding hydrogens is 524 g/mol. The number of amides is 2. The first-order valence-corrected chi connectivity index (χ1v) is 13.0. The maximum atomic E-state index is 13.7. The number of aliphatic hydroxyl groups is 3. The van der Waals surface area contributed by atoms with E-state index in [-0.39, 0.29) is 42.3 Å². The summed E-state index contributed by atoms with van der Waals surface area (Å²) in [5.74, 6) is -7.41. The van der Waals surface area contributed by atoms with Crippen molar-refractivity contribution in [2.24, 2.45) is 23.5 Å².